The second kappa shape index (κ2) is 6.79. The molecular weight excluding hydrogens is 360 g/mol. The number of ether oxygens (including phenoxy) is 1. The standard InChI is InChI=1S/C20H16N4O2S/c1-26-15-8-4-3-7-14(15)24-18(12(10-21)11-22)23-19-17(20(24)25)13-6-2-5-9-16(13)27-19/h3-4,7-8,23H,2,5-6,9H2,1H3. The molecule has 1 aliphatic heterocycles. The van der Waals surface area contributed by atoms with Crippen LogP contribution in [0.2, 0.25) is 0 Å². The van der Waals surface area contributed by atoms with Crippen LogP contribution in [0.15, 0.2) is 35.7 Å². The Kier molecular flexibility index (Phi) is 4.31. The Morgan fingerprint density at radius 2 is 1.96 bits per heavy atom. The van der Waals surface area contributed by atoms with E-state index in [0.717, 1.165) is 36.2 Å². The molecule has 0 unspecified atom stereocenters. The average molecular weight is 376 g/mol. The number of benzene rings is 1. The van der Waals surface area contributed by atoms with Gasteiger partial charge in [0, 0.05) is 4.88 Å². The lowest BCUT2D eigenvalue weighted by Crippen LogP contribution is -2.39. The second-order valence-corrected chi connectivity index (χ2v) is 7.40. The highest BCUT2D eigenvalue weighted by Gasteiger charge is 2.38. The molecule has 27 heavy (non-hydrogen) atoms. The summed E-state index contributed by atoms with van der Waals surface area (Å²) in [6.07, 6.45) is 4.00. The van der Waals surface area contributed by atoms with E-state index < -0.39 is 0 Å². The van der Waals surface area contributed by atoms with Crippen LogP contribution in [0.5, 0.6) is 5.75 Å². The predicted octanol–water partition coefficient (Wildman–Crippen LogP) is 3.97. The molecule has 4 rings (SSSR count). The number of fused-ring (bicyclic) bond motifs is 3. The summed E-state index contributed by atoms with van der Waals surface area (Å²) in [6, 6.07) is 10.9. The van der Waals surface area contributed by atoms with Gasteiger partial charge in [0.2, 0.25) is 0 Å². The van der Waals surface area contributed by atoms with Crippen LogP contribution in [-0.2, 0) is 12.8 Å². The Bertz CT molecular complexity index is 1040. The number of nitriles is 2. The number of amides is 1. The van der Waals surface area contributed by atoms with Crippen LogP contribution in [0.3, 0.4) is 0 Å². The molecule has 2 aromatic rings. The summed E-state index contributed by atoms with van der Waals surface area (Å²) in [5.41, 5.74) is 2.09. The monoisotopic (exact) mass is 376 g/mol. The number of carbonyl (C=O) groups is 1. The molecular formula is C20H16N4O2S. The molecule has 1 aromatic carbocycles. The zero-order valence-corrected chi connectivity index (χ0v) is 15.5. The zero-order valence-electron chi connectivity index (χ0n) is 14.7. The molecule has 0 bridgehead atoms. The predicted molar refractivity (Wildman–Crippen MR) is 103 cm³/mol. The number of thiophene rings is 1. The first kappa shape index (κ1) is 17.1. The number of carbonyl (C=O) groups excluding carboxylic acids is 1. The molecule has 0 fully saturated rings. The van der Waals surface area contributed by atoms with Crippen LogP contribution >= 0.6 is 11.3 Å². The number of aryl methyl sites for hydroxylation is 1. The lowest BCUT2D eigenvalue weighted by Gasteiger charge is -2.32. The molecule has 134 valence electrons. The minimum atomic E-state index is -0.231. The molecule has 7 heteroatoms. The maximum atomic E-state index is 13.5. The van der Waals surface area contributed by atoms with Crippen molar-refractivity contribution in [2.45, 2.75) is 25.7 Å². The second-order valence-electron chi connectivity index (χ2n) is 6.30. The first-order valence-electron chi connectivity index (χ1n) is 8.63. The van der Waals surface area contributed by atoms with Gasteiger partial charge in [-0.05, 0) is 43.4 Å². The summed E-state index contributed by atoms with van der Waals surface area (Å²) >= 11 is 1.55. The van der Waals surface area contributed by atoms with Crippen LogP contribution in [0.1, 0.15) is 33.6 Å². The Morgan fingerprint density at radius 3 is 2.70 bits per heavy atom. The summed E-state index contributed by atoms with van der Waals surface area (Å²) in [5, 5.41) is 22.8. The number of allylic oxidation sites excluding steroid dienone is 1. The van der Waals surface area contributed by atoms with Crippen molar-refractivity contribution in [3.63, 3.8) is 0 Å². The molecule has 1 aromatic heterocycles. The highest BCUT2D eigenvalue weighted by atomic mass is 32.1. The van der Waals surface area contributed by atoms with Gasteiger partial charge < -0.3 is 10.1 Å². The topological polar surface area (TPSA) is 89.2 Å². The van der Waals surface area contributed by atoms with Crippen LogP contribution in [0.4, 0.5) is 10.7 Å². The Hall–Kier alpha value is -3.29. The van der Waals surface area contributed by atoms with Crippen LogP contribution in [-0.4, -0.2) is 13.0 Å². The molecule has 1 amide bonds. The number of hydrogen-bond acceptors (Lipinski definition) is 6. The van der Waals surface area contributed by atoms with Crippen LogP contribution < -0.4 is 15.0 Å². The van der Waals surface area contributed by atoms with E-state index in [4.69, 9.17) is 4.74 Å². The Balaban J connectivity index is 1.97. The van der Waals surface area contributed by atoms with E-state index in [1.54, 1.807) is 35.6 Å². The van der Waals surface area contributed by atoms with Crippen molar-refractivity contribution in [1.82, 2.24) is 0 Å². The first-order chi connectivity index (χ1) is 13.2. The van der Waals surface area contributed by atoms with Gasteiger partial charge in [-0.15, -0.1) is 11.3 Å². The average Bonchev–Trinajstić information content (AvgIpc) is 3.08. The maximum absolute atomic E-state index is 13.5. The third kappa shape index (κ3) is 2.64. The van der Waals surface area contributed by atoms with Gasteiger partial charge in [0.1, 0.15) is 28.7 Å². The normalized spacial score (nSPS) is 15.1. The number of nitrogens with one attached hydrogen (secondary N) is 1. The fourth-order valence-electron chi connectivity index (χ4n) is 3.61. The van der Waals surface area contributed by atoms with Crippen molar-refractivity contribution in [2.75, 3.05) is 17.3 Å². The van der Waals surface area contributed by atoms with Crippen molar-refractivity contribution >= 4 is 27.9 Å². The lowest BCUT2D eigenvalue weighted by molar-refractivity contribution is 0.0992. The first-order valence-corrected chi connectivity index (χ1v) is 9.44. The summed E-state index contributed by atoms with van der Waals surface area (Å²) in [7, 11) is 1.53. The molecule has 2 heterocycles. The van der Waals surface area contributed by atoms with Gasteiger partial charge in [-0.1, -0.05) is 12.1 Å². The highest BCUT2D eigenvalue weighted by Crippen LogP contribution is 2.45. The summed E-state index contributed by atoms with van der Waals surface area (Å²) in [6.45, 7) is 0. The van der Waals surface area contributed by atoms with E-state index in [9.17, 15) is 15.3 Å². The number of anilines is 2. The fraction of sp³-hybridized carbons (Fsp3) is 0.250. The molecule has 0 saturated carbocycles. The van der Waals surface area contributed by atoms with Gasteiger partial charge in [-0.2, -0.15) is 10.5 Å². The molecule has 0 saturated heterocycles. The smallest absolute Gasteiger partial charge is 0.267 e. The van der Waals surface area contributed by atoms with Gasteiger partial charge in [0.25, 0.3) is 5.91 Å². The molecule has 1 aliphatic carbocycles. The molecule has 6 nitrogen and oxygen atoms in total. The van der Waals surface area contributed by atoms with E-state index in [-0.39, 0.29) is 17.3 Å². The van der Waals surface area contributed by atoms with Gasteiger partial charge >= 0.3 is 0 Å². The van der Waals surface area contributed by atoms with Gasteiger partial charge in [-0.3, -0.25) is 9.69 Å². The van der Waals surface area contributed by atoms with E-state index in [0.29, 0.717) is 17.0 Å². The van der Waals surface area contributed by atoms with E-state index in [1.807, 2.05) is 12.1 Å². The number of nitrogens with zero attached hydrogens (tertiary/aromatic N) is 3. The van der Waals surface area contributed by atoms with Crippen molar-refractivity contribution < 1.29 is 9.53 Å². The molecule has 0 atom stereocenters. The Labute approximate surface area is 160 Å². The van der Waals surface area contributed by atoms with Crippen LogP contribution in [0, 0.1) is 22.7 Å². The van der Waals surface area contributed by atoms with E-state index in [2.05, 4.69) is 5.32 Å². The SMILES string of the molecule is COc1ccccc1N1C(=O)c2c(sc3c2CCCC3)NC1=C(C#N)C#N. The van der Waals surface area contributed by atoms with Crippen molar-refractivity contribution in [1.29, 1.82) is 10.5 Å². The summed E-state index contributed by atoms with van der Waals surface area (Å²) in [4.78, 5) is 16.2. The van der Waals surface area contributed by atoms with Crippen molar-refractivity contribution in [2.24, 2.45) is 0 Å². The number of rotatable bonds is 2. The number of hydrogen-bond donors (Lipinski definition) is 1. The number of methoxy groups -OCH3 is 1. The molecule has 2 aliphatic rings. The Morgan fingerprint density at radius 1 is 1.22 bits per heavy atom. The molecule has 1 N–H and O–H groups in total. The van der Waals surface area contributed by atoms with Crippen molar-refractivity contribution in [3.05, 3.63) is 51.7 Å². The number of para-hydroxylation sites is 2. The van der Waals surface area contributed by atoms with Crippen LogP contribution in [0.25, 0.3) is 0 Å². The maximum Gasteiger partial charge on any atom is 0.267 e. The van der Waals surface area contributed by atoms with E-state index >= 15 is 0 Å². The minimum absolute atomic E-state index is 0.147. The minimum Gasteiger partial charge on any atom is -0.495 e. The molecule has 0 spiro atoms. The van der Waals surface area contributed by atoms with E-state index in [1.165, 1.54) is 16.9 Å². The highest BCUT2D eigenvalue weighted by molar-refractivity contribution is 7.16. The molecule has 0 radical (unpaired) electrons. The quantitative estimate of drug-likeness (QED) is 0.801. The third-order valence-corrected chi connectivity index (χ3v) is 6.04. The zero-order chi connectivity index (χ0) is 19.0. The van der Waals surface area contributed by atoms with Gasteiger partial charge in [0.05, 0.1) is 18.4 Å². The van der Waals surface area contributed by atoms with Crippen molar-refractivity contribution in [3.8, 4) is 17.9 Å². The summed E-state index contributed by atoms with van der Waals surface area (Å²) in [5.74, 6) is 0.444. The van der Waals surface area contributed by atoms with Gasteiger partial charge in [0.15, 0.2) is 5.57 Å². The fourth-order valence-corrected chi connectivity index (χ4v) is 4.89. The largest absolute Gasteiger partial charge is 0.495 e. The van der Waals surface area contributed by atoms with Gasteiger partial charge in [-0.25, -0.2) is 0 Å². The summed E-state index contributed by atoms with van der Waals surface area (Å²) < 4.78 is 5.42. The lowest BCUT2D eigenvalue weighted by atomic mass is 9.94. The third-order valence-electron chi connectivity index (χ3n) is 4.83.